The molecular weight excluding hydrogens is 368 g/mol. The molecule has 0 aliphatic rings. The van der Waals surface area contributed by atoms with Gasteiger partial charge in [0, 0.05) is 5.69 Å². The summed E-state index contributed by atoms with van der Waals surface area (Å²) in [5.74, 6) is 0.363. The van der Waals surface area contributed by atoms with E-state index < -0.39 is 16.0 Å². The van der Waals surface area contributed by atoms with Crippen LogP contribution in [-0.2, 0) is 21.4 Å². The number of benzene rings is 2. The van der Waals surface area contributed by atoms with E-state index in [-0.39, 0.29) is 22.8 Å². The van der Waals surface area contributed by atoms with Crippen molar-refractivity contribution in [3.05, 3.63) is 77.5 Å². The largest absolute Gasteiger partial charge is 0.452 e. The van der Waals surface area contributed by atoms with Gasteiger partial charge in [-0.2, -0.15) is 0 Å². The number of carbonyl (C=O) groups excluding carboxylic acids is 1. The summed E-state index contributed by atoms with van der Waals surface area (Å²) in [6.07, 6.45) is 0. The van der Waals surface area contributed by atoms with Gasteiger partial charge in [0.1, 0.15) is 5.76 Å². The molecule has 0 radical (unpaired) electrons. The van der Waals surface area contributed by atoms with E-state index in [1.807, 2.05) is 0 Å². The molecule has 0 atom stereocenters. The number of nitrogens with zero attached hydrogens (tertiary/aromatic N) is 1. The van der Waals surface area contributed by atoms with Crippen LogP contribution in [0.2, 0.25) is 0 Å². The Morgan fingerprint density at radius 1 is 1.11 bits per heavy atom. The number of sulfonamides is 1. The zero-order chi connectivity index (χ0) is 19.4. The highest BCUT2D eigenvalue weighted by atomic mass is 32.2. The third-order valence-corrected chi connectivity index (χ3v) is 5.20. The van der Waals surface area contributed by atoms with Crippen molar-refractivity contribution >= 4 is 21.7 Å². The van der Waals surface area contributed by atoms with Gasteiger partial charge in [0.15, 0.2) is 6.61 Å². The molecule has 2 aromatic carbocycles. The zero-order valence-electron chi connectivity index (χ0n) is 14.8. The Hall–Kier alpha value is -3.13. The van der Waals surface area contributed by atoms with Crippen molar-refractivity contribution in [2.24, 2.45) is 0 Å². The van der Waals surface area contributed by atoms with E-state index in [9.17, 15) is 13.2 Å². The number of carbonyl (C=O) groups is 1. The first-order valence-corrected chi connectivity index (χ1v) is 9.61. The molecule has 0 saturated heterocycles. The maximum absolute atomic E-state index is 12.4. The molecule has 8 heteroatoms. The minimum atomic E-state index is -3.74. The van der Waals surface area contributed by atoms with Gasteiger partial charge in [0.25, 0.3) is 10.0 Å². The standard InChI is InChI=1S/C19H18N2O5S/c1-13-14(2)26-18(20-13)12-25-19(22)15-7-6-8-16(11-15)21-27(23,24)17-9-4-3-5-10-17/h3-11,21H,12H2,1-2H3. The number of aromatic nitrogens is 1. The third kappa shape index (κ3) is 4.53. The maximum Gasteiger partial charge on any atom is 0.338 e. The monoisotopic (exact) mass is 386 g/mol. The summed E-state index contributed by atoms with van der Waals surface area (Å²) in [5, 5.41) is 0. The Morgan fingerprint density at radius 2 is 1.85 bits per heavy atom. The molecule has 27 heavy (non-hydrogen) atoms. The highest BCUT2D eigenvalue weighted by Crippen LogP contribution is 2.18. The van der Waals surface area contributed by atoms with Gasteiger partial charge in [-0.1, -0.05) is 24.3 Å². The Kier molecular flexibility index (Phi) is 5.27. The zero-order valence-corrected chi connectivity index (χ0v) is 15.6. The van der Waals surface area contributed by atoms with Crippen molar-refractivity contribution in [1.82, 2.24) is 4.98 Å². The highest BCUT2D eigenvalue weighted by Gasteiger charge is 2.16. The number of ether oxygens (including phenoxy) is 1. The topological polar surface area (TPSA) is 98.5 Å². The lowest BCUT2D eigenvalue weighted by Gasteiger charge is -2.09. The minimum absolute atomic E-state index is 0.104. The van der Waals surface area contributed by atoms with E-state index >= 15 is 0 Å². The first kappa shape index (κ1) is 18.7. The fourth-order valence-corrected chi connectivity index (χ4v) is 3.41. The van der Waals surface area contributed by atoms with Gasteiger partial charge in [-0.3, -0.25) is 4.72 Å². The van der Waals surface area contributed by atoms with Crippen LogP contribution >= 0.6 is 0 Å². The van der Waals surface area contributed by atoms with Crippen LogP contribution in [0, 0.1) is 13.8 Å². The van der Waals surface area contributed by atoms with Gasteiger partial charge in [-0.15, -0.1) is 0 Å². The summed E-state index contributed by atoms with van der Waals surface area (Å²) in [7, 11) is -3.74. The molecule has 1 N–H and O–H groups in total. The molecule has 1 heterocycles. The molecule has 0 saturated carbocycles. The average molecular weight is 386 g/mol. The molecule has 0 aliphatic carbocycles. The van der Waals surface area contributed by atoms with E-state index in [2.05, 4.69) is 9.71 Å². The number of rotatable bonds is 6. The average Bonchev–Trinajstić information content (AvgIpc) is 2.98. The van der Waals surface area contributed by atoms with Crippen LogP contribution in [0.25, 0.3) is 0 Å². The van der Waals surface area contributed by atoms with Crippen molar-refractivity contribution < 1.29 is 22.4 Å². The minimum Gasteiger partial charge on any atom is -0.452 e. The smallest absolute Gasteiger partial charge is 0.338 e. The molecule has 0 spiro atoms. The predicted octanol–water partition coefficient (Wildman–Crippen LogP) is 3.45. The van der Waals surface area contributed by atoms with E-state index in [0.717, 1.165) is 5.69 Å². The van der Waals surface area contributed by atoms with Crippen LogP contribution in [0.3, 0.4) is 0 Å². The first-order valence-electron chi connectivity index (χ1n) is 8.13. The fraction of sp³-hybridized carbons (Fsp3) is 0.158. The number of oxazole rings is 1. The van der Waals surface area contributed by atoms with E-state index in [1.54, 1.807) is 44.2 Å². The molecule has 3 aromatic rings. The Labute approximate surface area is 157 Å². The number of hydrogen-bond donors (Lipinski definition) is 1. The van der Waals surface area contributed by atoms with Gasteiger partial charge in [-0.25, -0.2) is 18.2 Å². The van der Waals surface area contributed by atoms with Gasteiger partial charge in [0.2, 0.25) is 5.89 Å². The molecule has 7 nitrogen and oxygen atoms in total. The van der Waals surface area contributed by atoms with Crippen LogP contribution in [0.5, 0.6) is 0 Å². The molecule has 0 unspecified atom stereocenters. The molecule has 140 valence electrons. The first-order chi connectivity index (χ1) is 12.8. The summed E-state index contributed by atoms with van der Waals surface area (Å²) < 4.78 is 37.7. The van der Waals surface area contributed by atoms with E-state index in [0.29, 0.717) is 11.7 Å². The Morgan fingerprint density at radius 3 is 2.52 bits per heavy atom. The van der Waals surface area contributed by atoms with Crippen molar-refractivity contribution in [3.8, 4) is 0 Å². The second-order valence-corrected chi connectivity index (χ2v) is 7.51. The normalized spacial score (nSPS) is 11.2. The second-order valence-electron chi connectivity index (χ2n) is 5.82. The summed E-state index contributed by atoms with van der Waals surface area (Å²) in [5.41, 5.74) is 1.21. The molecule has 3 rings (SSSR count). The number of nitrogens with one attached hydrogen (secondary N) is 1. The van der Waals surface area contributed by atoms with E-state index in [1.165, 1.54) is 24.3 Å². The molecule has 1 aromatic heterocycles. The molecule has 0 aliphatic heterocycles. The van der Waals surface area contributed by atoms with Crippen LogP contribution in [0.4, 0.5) is 5.69 Å². The predicted molar refractivity (Wildman–Crippen MR) is 98.8 cm³/mol. The third-order valence-electron chi connectivity index (χ3n) is 3.80. The lowest BCUT2D eigenvalue weighted by Crippen LogP contribution is -2.13. The van der Waals surface area contributed by atoms with Crippen molar-refractivity contribution in [2.45, 2.75) is 25.3 Å². The second kappa shape index (κ2) is 7.63. The highest BCUT2D eigenvalue weighted by molar-refractivity contribution is 7.92. The van der Waals surface area contributed by atoms with Gasteiger partial charge in [0.05, 0.1) is 16.2 Å². The summed E-state index contributed by atoms with van der Waals surface area (Å²) in [6, 6.07) is 14.0. The number of esters is 1. The lowest BCUT2D eigenvalue weighted by atomic mass is 10.2. The fourth-order valence-electron chi connectivity index (χ4n) is 2.33. The van der Waals surface area contributed by atoms with Crippen molar-refractivity contribution in [1.29, 1.82) is 0 Å². The Balaban J connectivity index is 1.70. The van der Waals surface area contributed by atoms with Crippen LogP contribution < -0.4 is 4.72 Å². The summed E-state index contributed by atoms with van der Waals surface area (Å²) >= 11 is 0. The lowest BCUT2D eigenvalue weighted by molar-refractivity contribution is 0.0437. The van der Waals surface area contributed by atoms with Crippen LogP contribution in [0.1, 0.15) is 27.7 Å². The molecule has 0 fully saturated rings. The van der Waals surface area contributed by atoms with Crippen molar-refractivity contribution in [3.63, 3.8) is 0 Å². The van der Waals surface area contributed by atoms with Crippen molar-refractivity contribution in [2.75, 3.05) is 4.72 Å². The molecular formula is C19H18N2O5S. The van der Waals surface area contributed by atoms with Gasteiger partial charge < -0.3 is 9.15 Å². The van der Waals surface area contributed by atoms with Gasteiger partial charge in [-0.05, 0) is 44.2 Å². The quantitative estimate of drug-likeness (QED) is 0.652. The molecule has 0 bridgehead atoms. The summed E-state index contributed by atoms with van der Waals surface area (Å²) in [4.78, 5) is 16.5. The number of aryl methyl sites for hydroxylation is 2. The SMILES string of the molecule is Cc1nc(COC(=O)c2cccc(NS(=O)(=O)c3ccccc3)c2)oc1C. The summed E-state index contributed by atoms with van der Waals surface area (Å²) in [6.45, 7) is 3.47. The van der Waals surface area contributed by atoms with Gasteiger partial charge >= 0.3 is 5.97 Å². The van der Waals surface area contributed by atoms with Crippen LogP contribution in [0.15, 0.2) is 63.9 Å². The number of anilines is 1. The number of hydrogen-bond acceptors (Lipinski definition) is 6. The Bertz CT molecular complexity index is 1040. The van der Waals surface area contributed by atoms with E-state index in [4.69, 9.17) is 9.15 Å². The maximum atomic E-state index is 12.4. The van der Waals surface area contributed by atoms with Crippen LogP contribution in [-0.4, -0.2) is 19.4 Å². The molecule has 0 amide bonds.